The summed E-state index contributed by atoms with van der Waals surface area (Å²) in [5.41, 5.74) is 0.277. The molecule has 0 bridgehead atoms. The van der Waals surface area contributed by atoms with E-state index in [1.54, 1.807) is 13.8 Å². The molecule has 1 aliphatic rings. The molecule has 2 aromatic heterocycles. The van der Waals surface area contributed by atoms with Crippen molar-refractivity contribution in [3.05, 3.63) is 26.6 Å². The monoisotopic (exact) mass is 336 g/mol. The maximum atomic E-state index is 12.4. The quantitative estimate of drug-likeness (QED) is 0.854. The van der Waals surface area contributed by atoms with Gasteiger partial charge in [0.25, 0.3) is 5.56 Å². The number of aromatic amines is 1. The summed E-state index contributed by atoms with van der Waals surface area (Å²) in [4.78, 5) is 44.3. The summed E-state index contributed by atoms with van der Waals surface area (Å²) in [6.45, 7) is 3.93. The molecular formula is C15H16N2O5S. The zero-order valence-electron chi connectivity index (χ0n) is 12.8. The van der Waals surface area contributed by atoms with Crippen molar-refractivity contribution >= 4 is 33.5 Å². The molecule has 0 saturated carbocycles. The minimum Gasteiger partial charge on any atom is -0.466 e. The first-order valence-corrected chi connectivity index (χ1v) is 8.27. The van der Waals surface area contributed by atoms with Gasteiger partial charge in [0, 0.05) is 4.88 Å². The van der Waals surface area contributed by atoms with E-state index in [2.05, 4.69) is 9.97 Å². The first-order valence-electron chi connectivity index (χ1n) is 7.46. The number of hydrogen-bond donors (Lipinski definition) is 1. The number of carbonyl (C=O) groups excluding carboxylic acids is 2. The molecule has 8 heteroatoms. The molecular weight excluding hydrogens is 320 g/mol. The molecule has 1 atom stereocenters. The van der Waals surface area contributed by atoms with E-state index in [4.69, 9.17) is 9.47 Å². The van der Waals surface area contributed by atoms with Crippen molar-refractivity contribution in [3.63, 3.8) is 0 Å². The molecule has 0 aromatic carbocycles. The van der Waals surface area contributed by atoms with Crippen molar-refractivity contribution in [2.45, 2.75) is 32.6 Å². The lowest BCUT2D eigenvalue weighted by Crippen LogP contribution is -2.19. The molecule has 0 amide bonds. The maximum absolute atomic E-state index is 12.4. The zero-order chi connectivity index (χ0) is 16.6. The lowest BCUT2D eigenvalue weighted by atomic mass is 10.0. The molecule has 23 heavy (non-hydrogen) atoms. The standard InChI is InChI=1S/C15H16N2O5S/c1-3-21-14(19)7-5-6-8-9(7)10-12(18)16-11(15(20)22-4-2)17-13(10)23-8/h7H,3-6H2,1-2H3,(H,16,17,18). The van der Waals surface area contributed by atoms with Crippen LogP contribution in [0, 0.1) is 0 Å². The van der Waals surface area contributed by atoms with Gasteiger partial charge in [0.2, 0.25) is 5.82 Å². The molecule has 0 radical (unpaired) electrons. The minimum atomic E-state index is -0.665. The molecule has 0 saturated heterocycles. The van der Waals surface area contributed by atoms with E-state index < -0.39 is 17.4 Å². The third kappa shape index (κ3) is 2.63. The van der Waals surface area contributed by atoms with Crippen molar-refractivity contribution in [2.75, 3.05) is 13.2 Å². The summed E-state index contributed by atoms with van der Waals surface area (Å²) in [7, 11) is 0. The minimum absolute atomic E-state index is 0.114. The van der Waals surface area contributed by atoms with Crippen LogP contribution in [-0.4, -0.2) is 35.1 Å². The second kappa shape index (κ2) is 6.11. The molecule has 0 fully saturated rings. The average molecular weight is 336 g/mol. The number of thiophene rings is 1. The third-order valence-corrected chi connectivity index (χ3v) is 4.88. The number of rotatable bonds is 4. The molecule has 1 unspecified atom stereocenters. The molecule has 3 rings (SSSR count). The smallest absolute Gasteiger partial charge is 0.374 e. The molecule has 0 aliphatic heterocycles. The van der Waals surface area contributed by atoms with E-state index in [1.807, 2.05) is 0 Å². The number of aryl methyl sites for hydroxylation is 1. The SMILES string of the molecule is CCOC(=O)c1nc2sc3c(c2c(=O)[nH]1)C(C(=O)OCC)CC3. The van der Waals surface area contributed by atoms with Gasteiger partial charge in [-0.05, 0) is 32.3 Å². The fourth-order valence-electron chi connectivity index (χ4n) is 2.82. The predicted octanol–water partition coefficient (Wildman–Crippen LogP) is 1.75. The number of nitrogens with zero attached hydrogens (tertiary/aromatic N) is 1. The Labute approximate surface area is 135 Å². The van der Waals surface area contributed by atoms with Crippen molar-refractivity contribution in [3.8, 4) is 0 Å². The second-order valence-corrected chi connectivity index (χ2v) is 6.18. The number of carbonyl (C=O) groups is 2. The molecule has 122 valence electrons. The van der Waals surface area contributed by atoms with E-state index in [9.17, 15) is 14.4 Å². The third-order valence-electron chi connectivity index (χ3n) is 3.72. The number of aromatic nitrogens is 2. The molecule has 2 heterocycles. The van der Waals surface area contributed by atoms with E-state index in [0.29, 0.717) is 35.2 Å². The Morgan fingerprint density at radius 1 is 1.30 bits per heavy atom. The summed E-state index contributed by atoms with van der Waals surface area (Å²) in [5.74, 6) is -1.53. The van der Waals surface area contributed by atoms with Gasteiger partial charge in [-0.2, -0.15) is 0 Å². The van der Waals surface area contributed by atoms with Crippen LogP contribution >= 0.6 is 11.3 Å². The lowest BCUT2D eigenvalue weighted by molar-refractivity contribution is -0.144. The Morgan fingerprint density at radius 2 is 2.04 bits per heavy atom. The lowest BCUT2D eigenvalue weighted by Gasteiger charge is -2.09. The number of esters is 2. The van der Waals surface area contributed by atoms with Crippen LogP contribution in [0.3, 0.4) is 0 Å². The van der Waals surface area contributed by atoms with E-state index in [0.717, 1.165) is 4.88 Å². The number of ether oxygens (including phenoxy) is 2. The number of fused-ring (bicyclic) bond motifs is 3. The first kappa shape index (κ1) is 15.7. The van der Waals surface area contributed by atoms with Crippen molar-refractivity contribution in [2.24, 2.45) is 0 Å². The van der Waals surface area contributed by atoms with E-state index >= 15 is 0 Å². The summed E-state index contributed by atoms with van der Waals surface area (Å²) < 4.78 is 9.95. The van der Waals surface area contributed by atoms with Crippen molar-refractivity contribution in [1.29, 1.82) is 0 Å². The molecule has 1 N–H and O–H groups in total. The van der Waals surface area contributed by atoms with Crippen LogP contribution in [-0.2, 0) is 20.7 Å². The van der Waals surface area contributed by atoms with Gasteiger partial charge < -0.3 is 14.5 Å². The molecule has 1 aliphatic carbocycles. The first-order chi connectivity index (χ1) is 11.1. The highest BCUT2D eigenvalue weighted by Crippen LogP contribution is 2.42. The fourth-order valence-corrected chi connectivity index (χ4v) is 4.07. The largest absolute Gasteiger partial charge is 0.466 e. The van der Waals surface area contributed by atoms with Crippen LogP contribution in [0.2, 0.25) is 0 Å². The maximum Gasteiger partial charge on any atom is 0.374 e. The van der Waals surface area contributed by atoms with Crippen LogP contribution in [0.4, 0.5) is 0 Å². The summed E-state index contributed by atoms with van der Waals surface area (Å²) in [5, 5.41) is 0.383. The topological polar surface area (TPSA) is 98.4 Å². The van der Waals surface area contributed by atoms with Gasteiger partial charge >= 0.3 is 11.9 Å². The van der Waals surface area contributed by atoms with E-state index in [1.165, 1.54) is 11.3 Å². The van der Waals surface area contributed by atoms with Crippen molar-refractivity contribution in [1.82, 2.24) is 9.97 Å². The Bertz CT molecular complexity index is 838. The number of nitrogens with one attached hydrogen (secondary N) is 1. The Kier molecular flexibility index (Phi) is 4.16. The molecule has 2 aromatic rings. The number of H-pyrrole nitrogens is 1. The normalized spacial score (nSPS) is 16.3. The second-order valence-electron chi connectivity index (χ2n) is 5.10. The Balaban J connectivity index is 2.09. The summed E-state index contributed by atoms with van der Waals surface area (Å²) >= 11 is 1.34. The van der Waals surface area contributed by atoms with Crippen LogP contribution < -0.4 is 5.56 Å². The molecule has 0 spiro atoms. The van der Waals surface area contributed by atoms with Gasteiger partial charge in [-0.15, -0.1) is 11.3 Å². The summed E-state index contributed by atoms with van der Waals surface area (Å²) in [6, 6.07) is 0. The van der Waals surface area contributed by atoms with Gasteiger partial charge in [-0.3, -0.25) is 9.59 Å². The van der Waals surface area contributed by atoms with Crippen LogP contribution in [0.15, 0.2) is 4.79 Å². The highest BCUT2D eigenvalue weighted by atomic mass is 32.1. The highest BCUT2D eigenvalue weighted by Gasteiger charge is 2.35. The van der Waals surface area contributed by atoms with Gasteiger partial charge in [-0.1, -0.05) is 0 Å². The van der Waals surface area contributed by atoms with Gasteiger partial charge in [0.15, 0.2) is 0 Å². The Morgan fingerprint density at radius 3 is 2.74 bits per heavy atom. The van der Waals surface area contributed by atoms with Gasteiger partial charge in [0.1, 0.15) is 4.83 Å². The van der Waals surface area contributed by atoms with Gasteiger partial charge in [0.05, 0.1) is 24.5 Å². The molecule has 7 nitrogen and oxygen atoms in total. The fraction of sp³-hybridized carbons (Fsp3) is 0.467. The Hall–Kier alpha value is -2.22. The number of hydrogen-bond acceptors (Lipinski definition) is 7. The highest BCUT2D eigenvalue weighted by molar-refractivity contribution is 7.18. The predicted molar refractivity (Wildman–Crippen MR) is 83.9 cm³/mol. The van der Waals surface area contributed by atoms with Crippen LogP contribution in [0.1, 0.15) is 47.2 Å². The van der Waals surface area contributed by atoms with Gasteiger partial charge in [-0.25, -0.2) is 9.78 Å². The van der Waals surface area contributed by atoms with Crippen LogP contribution in [0.25, 0.3) is 10.2 Å². The zero-order valence-corrected chi connectivity index (χ0v) is 13.6. The van der Waals surface area contributed by atoms with E-state index in [-0.39, 0.29) is 18.4 Å². The average Bonchev–Trinajstić information content (AvgIpc) is 3.05. The summed E-state index contributed by atoms with van der Waals surface area (Å²) in [6.07, 6.45) is 1.34. The van der Waals surface area contributed by atoms with Crippen molar-refractivity contribution < 1.29 is 19.1 Å². The van der Waals surface area contributed by atoms with Crippen LogP contribution in [0.5, 0.6) is 0 Å².